The van der Waals surface area contributed by atoms with Crippen LogP contribution in [0, 0.1) is 13.8 Å². The zero-order valence-corrected chi connectivity index (χ0v) is 12.9. The molecule has 1 aromatic carbocycles. The number of ether oxygens (including phenoxy) is 1. The second-order valence-electron chi connectivity index (χ2n) is 5.78. The quantitative estimate of drug-likeness (QED) is 0.904. The van der Waals surface area contributed by atoms with Gasteiger partial charge in [-0.25, -0.2) is 0 Å². The average molecular weight is 282 g/mol. The lowest BCUT2D eigenvalue weighted by molar-refractivity contribution is 0.286. The van der Waals surface area contributed by atoms with Crippen molar-refractivity contribution in [3.8, 4) is 5.75 Å². The van der Waals surface area contributed by atoms with E-state index < -0.39 is 0 Å². The van der Waals surface area contributed by atoms with Crippen LogP contribution in [0.1, 0.15) is 48.8 Å². The Morgan fingerprint density at radius 1 is 1.21 bits per heavy atom. The molecule has 1 aromatic rings. The maximum Gasteiger partial charge on any atom is 0.141 e. The molecule has 0 unspecified atom stereocenters. The summed E-state index contributed by atoms with van der Waals surface area (Å²) in [6, 6.07) is 2.16. The Bertz CT molecular complexity index is 464. The van der Waals surface area contributed by atoms with Gasteiger partial charge in [0.2, 0.25) is 0 Å². The molecule has 1 fully saturated rings. The Hall–Kier alpha value is -0.730. The van der Waals surface area contributed by atoms with Crippen LogP contribution in [0.15, 0.2) is 6.07 Å². The molecular weight excluding hydrogens is 258 g/mol. The Balaban J connectivity index is 2.62. The number of aryl methyl sites for hydroxylation is 2. The highest BCUT2D eigenvalue weighted by Gasteiger charge is 2.37. The van der Waals surface area contributed by atoms with Crippen molar-refractivity contribution in [3.05, 3.63) is 27.8 Å². The zero-order chi connectivity index (χ0) is 14.0. The van der Waals surface area contributed by atoms with E-state index in [4.69, 9.17) is 22.1 Å². The van der Waals surface area contributed by atoms with Crippen LogP contribution in [0.2, 0.25) is 5.02 Å². The highest BCUT2D eigenvalue weighted by atomic mass is 35.5. The molecule has 0 heterocycles. The molecule has 0 spiro atoms. The summed E-state index contributed by atoms with van der Waals surface area (Å²) in [5.41, 5.74) is 9.77. The van der Waals surface area contributed by atoms with Gasteiger partial charge in [-0.05, 0) is 37.8 Å². The molecule has 0 aromatic heterocycles. The first kappa shape index (κ1) is 14.7. The number of methoxy groups -OCH3 is 1. The van der Waals surface area contributed by atoms with Crippen LogP contribution in [0.5, 0.6) is 5.75 Å². The van der Waals surface area contributed by atoms with Gasteiger partial charge in [0, 0.05) is 17.5 Å². The molecular formula is C16H24ClNO. The van der Waals surface area contributed by atoms with Crippen molar-refractivity contribution in [2.75, 3.05) is 13.7 Å². The summed E-state index contributed by atoms with van der Waals surface area (Å²) in [5.74, 6) is 0.839. The summed E-state index contributed by atoms with van der Waals surface area (Å²) >= 11 is 6.44. The van der Waals surface area contributed by atoms with Crippen molar-refractivity contribution >= 4 is 11.6 Å². The third kappa shape index (κ3) is 2.48. The van der Waals surface area contributed by atoms with Crippen LogP contribution in [0.25, 0.3) is 0 Å². The first-order valence-electron chi connectivity index (χ1n) is 7.10. The Morgan fingerprint density at radius 2 is 1.84 bits per heavy atom. The van der Waals surface area contributed by atoms with Gasteiger partial charge in [-0.3, -0.25) is 0 Å². The lowest BCUT2D eigenvalue weighted by atomic mass is 9.67. The Labute approximate surface area is 121 Å². The lowest BCUT2D eigenvalue weighted by Gasteiger charge is -2.39. The van der Waals surface area contributed by atoms with Crippen molar-refractivity contribution in [1.82, 2.24) is 0 Å². The second kappa shape index (κ2) is 5.72. The van der Waals surface area contributed by atoms with Gasteiger partial charge in [-0.2, -0.15) is 0 Å². The minimum absolute atomic E-state index is 0.0466. The van der Waals surface area contributed by atoms with E-state index in [1.54, 1.807) is 7.11 Å². The number of rotatable bonds is 3. The lowest BCUT2D eigenvalue weighted by Crippen LogP contribution is -2.38. The van der Waals surface area contributed by atoms with Crippen molar-refractivity contribution in [1.29, 1.82) is 0 Å². The first-order chi connectivity index (χ1) is 9.05. The van der Waals surface area contributed by atoms with Crippen LogP contribution in [-0.4, -0.2) is 13.7 Å². The maximum atomic E-state index is 6.44. The largest absolute Gasteiger partial charge is 0.495 e. The highest BCUT2D eigenvalue weighted by Crippen LogP contribution is 2.47. The van der Waals surface area contributed by atoms with E-state index in [-0.39, 0.29) is 5.41 Å². The molecule has 0 radical (unpaired) electrons. The van der Waals surface area contributed by atoms with Crippen LogP contribution < -0.4 is 10.5 Å². The molecule has 2 rings (SSSR count). The second-order valence-corrected chi connectivity index (χ2v) is 6.16. The van der Waals surface area contributed by atoms with Crippen LogP contribution in [-0.2, 0) is 5.41 Å². The summed E-state index contributed by atoms with van der Waals surface area (Å²) in [6.45, 7) is 4.84. The third-order valence-corrected chi connectivity index (χ3v) is 5.01. The SMILES string of the molecule is COc1c(Cl)c(C)cc(C)c1C1(CN)CCCCC1. The molecule has 0 atom stereocenters. The third-order valence-electron chi connectivity index (χ3n) is 4.54. The van der Waals surface area contributed by atoms with Gasteiger partial charge in [-0.1, -0.05) is 36.9 Å². The van der Waals surface area contributed by atoms with E-state index >= 15 is 0 Å². The molecule has 0 aliphatic heterocycles. The molecule has 2 nitrogen and oxygen atoms in total. The fraction of sp³-hybridized carbons (Fsp3) is 0.625. The molecule has 0 amide bonds. The molecule has 1 saturated carbocycles. The van der Waals surface area contributed by atoms with E-state index in [9.17, 15) is 0 Å². The number of benzene rings is 1. The molecule has 19 heavy (non-hydrogen) atoms. The normalized spacial score (nSPS) is 18.4. The number of nitrogens with two attached hydrogens (primary N) is 1. The predicted molar refractivity (Wildman–Crippen MR) is 81.3 cm³/mol. The van der Waals surface area contributed by atoms with E-state index in [0.29, 0.717) is 6.54 Å². The molecule has 1 aliphatic rings. The Morgan fingerprint density at radius 3 is 2.37 bits per heavy atom. The van der Waals surface area contributed by atoms with Crippen LogP contribution in [0.3, 0.4) is 0 Å². The molecule has 2 N–H and O–H groups in total. The van der Waals surface area contributed by atoms with Gasteiger partial charge in [0.25, 0.3) is 0 Å². The van der Waals surface area contributed by atoms with Crippen LogP contribution in [0.4, 0.5) is 0 Å². The van der Waals surface area contributed by atoms with E-state index in [1.807, 2.05) is 6.92 Å². The molecule has 0 bridgehead atoms. The van der Waals surface area contributed by atoms with Crippen molar-refractivity contribution in [2.24, 2.45) is 5.73 Å². The number of halogens is 1. The molecule has 1 aliphatic carbocycles. The molecule has 3 heteroatoms. The predicted octanol–water partition coefficient (Wildman–Crippen LogP) is 4.13. The topological polar surface area (TPSA) is 35.2 Å². The highest BCUT2D eigenvalue weighted by molar-refractivity contribution is 6.33. The van der Waals surface area contributed by atoms with Crippen molar-refractivity contribution < 1.29 is 4.74 Å². The summed E-state index contributed by atoms with van der Waals surface area (Å²) < 4.78 is 5.63. The van der Waals surface area contributed by atoms with Gasteiger partial charge in [-0.15, -0.1) is 0 Å². The zero-order valence-electron chi connectivity index (χ0n) is 12.2. The van der Waals surface area contributed by atoms with Gasteiger partial charge in [0.05, 0.1) is 12.1 Å². The van der Waals surface area contributed by atoms with Crippen LogP contribution >= 0.6 is 11.6 Å². The summed E-state index contributed by atoms with van der Waals surface area (Å²) in [5, 5.41) is 0.737. The van der Waals surface area contributed by atoms with Gasteiger partial charge >= 0.3 is 0 Å². The molecule has 106 valence electrons. The summed E-state index contributed by atoms with van der Waals surface area (Å²) in [6.07, 6.45) is 6.07. The number of hydrogen-bond acceptors (Lipinski definition) is 2. The fourth-order valence-electron chi connectivity index (χ4n) is 3.56. The average Bonchev–Trinajstić information content (AvgIpc) is 2.43. The molecule has 0 saturated heterocycles. The standard InChI is InChI=1S/C16H24ClNO/c1-11-9-12(2)14(17)15(19-3)13(11)16(10-18)7-5-4-6-8-16/h9H,4-8,10,18H2,1-3H3. The van der Waals surface area contributed by atoms with Crippen molar-refractivity contribution in [2.45, 2.75) is 51.4 Å². The maximum absolute atomic E-state index is 6.44. The smallest absolute Gasteiger partial charge is 0.141 e. The van der Waals surface area contributed by atoms with Gasteiger partial charge < -0.3 is 10.5 Å². The summed E-state index contributed by atoms with van der Waals surface area (Å²) in [4.78, 5) is 0. The van der Waals surface area contributed by atoms with Gasteiger partial charge in [0.1, 0.15) is 5.75 Å². The van der Waals surface area contributed by atoms with Gasteiger partial charge in [0.15, 0.2) is 0 Å². The van der Waals surface area contributed by atoms with E-state index in [1.165, 1.54) is 30.4 Å². The monoisotopic (exact) mass is 281 g/mol. The Kier molecular flexibility index (Phi) is 4.42. The number of hydrogen-bond donors (Lipinski definition) is 1. The fourth-order valence-corrected chi connectivity index (χ4v) is 3.79. The van der Waals surface area contributed by atoms with Crippen molar-refractivity contribution in [3.63, 3.8) is 0 Å². The van der Waals surface area contributed by atoms with E-state index in [0.717, 1.165) is 29.2 Å². The summed E-state index contributed by atoms with van der Waals surface area (Å²) in [7, 11) is 1.70. The minimum Gasteiger partial charge on any atom is -0.495 e. The van der Waals surface area contributed by atoms with E-state index in [2.05, 4.69) is 13.0 Å². The minimum atomic E-state index is 0.0466. The first-order valence-corrected chi connectivity index (χ1v) is 7.48.